The van der Waals surface area contributed by atoms with Crippen molar-refractivity contribution < 1.29 is 37.3 Å². The van der Waals surface area contributed by atoms with Crippen LogP contribution >= 0.6 is 0 Å². The van der Waals surface area contributed by atoms with Crippen molar-refractivity contribution in [2.75, 3.05) is 39.5 Å². The first-order chi connectivity index (χ1) is 14.6. The Balaban J connectivity index is 0.000000339. The fourth-order valence-corrected chi connectivity index (χ4v) is 4.06. The zero-order valence-electron chi connectivity index (χ0n) is 17.4. The van der Waals surface area contributed by atoms with Gasteiger partial charge in [-0.3, -0.25) is 9.78 Å². The van der Waals surface area contributed by atoms with Gasteiger partial charge in [-0.25, -0.2) is 4.79 Å². The third-order valence-electron chi connectivity index (χ3n) is 6.18. The zero-order chi connectivity index (χ0) is 22.6. The summed E-state index contributed by atoms with van der Waals surface area (Å²) >= 11 is 0. The van der Waals surface area contributed by atoms with E-state index in [9.17, 15) is 18.0 Å². The number of rotatable bonds is 5. The van der Waals surface area contributed by atoms with Gasteiger partial charge >= 0.3 is 12.1 Å². The molecule has 1 N–H and O–H groups in total. The molecule has 10 heteroatoms. The first-order valence-electron chi connectivity index (χ1n) is 10.3. The Bertz CT molecular complexity index is 782. The van der Waals surface area contributed by atoms with Gasteiger partial charge < -0.3 is 19.5 Å². The molecule has 3 heterocycles. The van der Waals surface area contributed by atoms with E-state index >= 15 is 0 Å². The molecule has 0 spiro atoms. The van der Waals surface area contributed by atoms with Crippen LogP contribution in [0.15, 0.2) is 18.3 Å². The van der Waals surface area contributed by atoms with Gasteiger partial charge in [0.05, 0.1) is 25.4 Å². The number of halogens is 3. The number of nitrogens with zero attached hydrogens (tertiary/aromatic N) is 2. The maximum absolute atomic E-state index is 12.8. The van der Waals surface area contributed by atoms with Gasteiger partial charge in [0.25, 0.3) is 5.91 Å². The van der Waals surface area contributed by atoms with E-state index in [0.29, 0.717) is 24.7 Å². The predicted molar refractivity (Wildman–Crippen MR) is 103 cm³/mol. The van der Waals surface area contributed by atoms with Crippen LogP contribution in [-0.4, -0.2) is 72.6 Å². The lowest BCUT2D eigenvalue weighted by molar-refractivity contribution is -0.192. The van der Waals surface area contributed by atoms with Gasteiger partial charge in [-0.1, -0.05) is 6.42 Å². The lowest BCUT2D eigenvalue weighted by atomic mass is 9.81. The fraction of sp³-hybridized carbons (Fsp3) is 0.667. The Morgan fingerprint density at radius 2 is 2.06 bits per heavy atom. The molecule has 1 amide bonds. The van der Waals surface area contributed by atoms with Crippen molar-refractivity contribution in [2.24, 2.45) is 17.3 Å². The van der Waals surface area contributed by atoms with Crippen molar-refractivity contribution in [2.45, 2.75) is 32.4 Å². The SMILES string of the molecule is Cc1ccc(C(=O)N2C[C@@H]3COC[C@]3(COCC3CCC3)C2)cn1.O=C(O)C(F)(F)F. The van der Waals surface area contributed by atoms with E-state index in [0.717, 1.165) is 37.9 Å². The summed E-state index contributed by atoms with van der Waals surface area (Å²) in [6.45, 7) is 6.45. The van der Waals surface area contributed by atoms with Gasteiger partial charge in [-0.05, 0) is 37.8 Å². The van der Waals surface area contributed by atoms with Crippen LogP contribution in [0.25, 0.3) is 0 Å². The summed E-state index contributed by atoms with van der Waals surface area (Å²) in [4.78, 5) is 27.9. The molecule has 2 atom stereocenters. The second-order valence-corrected chi connectivity index (χ2v) is 8.56. The van der Waals surface area contributed by atoms with Crippen molar-refractivity contribution >= 4 is 11.9 Å². The third kappa shape index (κ3) is 5.74. The minimum absolute atomic E-state index is 0.0163. The van der Waals surface area contributed by atoms with E-state index in [1.165, 1.54) is 19.3 Å². The summed E-state index contributed by atoms with van der Waals surface area (Å²) in [5, 5.41) is 7.12. The second kappa shape index (κ2) is 9.52. The number of aryl methyl sites for hydroxylation is 1. The average molecular weight is 444 g/mol. The third-order valence-corrected chi connectivity index (χ3v) is 6.18. The molecule has 1 saturated carbocycles. The molecule has 4 rings (SSSR count). The highest BCUT2D eigenvalue weighted by Crippen LogP contribution is 2.42. The molecule has 1 aliphatic carbocycles. The topological polar surface area (TPSA) is 89.0 Å². The van der Waals surface area contributed by atoms with Crippen molar-refractivity contribution in [1.82, 2.24) is 9.88 Å². The van der Waals surface area contributed by atoms with Gasteiger partial charge in [0.1, 0.15) is 0 Å². The number of carbonyl (C=O) groups excluding carboxylic acids is 1. The predicted octanol–water partition coefficient (Wildman–Crippen LogP) is 2.93. The van der Waals surface area contributed by atoms with Gasteiger partial charge in [0.2, 0.25) is 0 Å². The zero-order valence-corrected chi connectivity index (χ0v) is 17.4. The van der Waals surface area contributed by atoms with E-state index in [4.69, 9.17) is 19.4 Å². The molecule has 0 aromatic carbocycles. The second-order valence-electron chi connectivity index (χ2n) is 8.56. The fourth-order valence-electron chi connectivity index (χ4n) is 4.06. The molecule has 2 saturated heterocycles. The Morgan fingerprint density at radius 3 is 2.61 bits per heavy atom. The highest BCUT2D eigenvalue weighted by Gasteiger charge is 2.52. The van der Waals surface area contributed by atoms with Crippen LogP contribution in [0.1, 0.15) is 35.3 Å². The number of amides is 1. The Morgan fingerprint density at radius 1 is 1.35 bits per heavy atom. The standard InChI is InChI=1S/C19H26N2O3.C2HF3O2/c1-14-5-6-16(7-20-14)18(22)21-8-17-10-24-13-19(17,11-21)12-23-9-15-3-2-4-15;3-2(4,5)1(6)7/h5-7,15,17H,2-4,8-13H2,1H3;(H,6,7)/t17-,19-;/m1./s1. The van der Waals surface area contributed by atoms with Crippen LogP contribution in [0.3, 0.4) is 0 Å². The van der Waals surface area contributed by atoms with Gasteiger partial charge in [-0.2, -0.15) is 13.2 Å². The summed E-state index contributed by atoms with van der Waals surface area (Å²) in [6.07, 6.45) is 0.551. The molecular formula is C21H27F3N2O5. The number of carbonyl (C=O) groups is 2. The van der Waals surface area contributed by atoms with E-state index in [1.54, 1.807) is 6.20 Å². The largest absolute Gasteiger partial charge is 0.490 e. The van der Waals surface area contributed by atoms with Crippen molar-refractivity contribution in [3.8, 4) is 0 Å². The van der Waals surface area contributed by atoms with E-state index in [-0.39, 0.29) is 11.3 Å². The lowest BCUT2D eigenvalue weighted by Crippen LogP contribution is -2.38. The van der Waals surface area contributed by atoms with Gasteiger partial charge in [0.15, 0.2) is 0 Å². The summed E-state index contributed by atoms with van der Waals surface area (Å²) in [7, 11) is 0. The number of hydrogen-bond acceptors (Lipinski definition) is 5. The number of likely N-dealkylation sites (tertiary alicyclic amines) is 1. The number of alkyl halides is 3. The number of fused-ring (bicyclic) bond motifs is 1. The average Bonchev–Trinajstić information content (AvgIpc) is 3.21. The number of carboxylic acid groups (broad SMARTS) is 1. The Hall–Kier alpha value is -2.20. The molecule has 1 aromatic rings. The van der Waals surface area contributed by atoms with Crippen LogP contribution in [0.4, 0.5) is 13.2 Å². The maximum atomic E-state index is 12.8. The van der Waals surface area contributed by atoms with Gasteiger partial charge in [0, 0.05) is 42.9 Å². The number of hydrogen-bond donors (Lipinski definition) is 1. The first kappa shape index (κ1) is 23.5. The number of pyridine rings is 1. The van der Waals surface area contributed by atoms with E-state index in [2.05, 4.69) is 4.98 Å². The van der Waals surface area contributed by atoms with E-state index < -0.39 is 12.1 Å². The minimum Gasteiger partial charge on any atom is -0.475 e. The Kier molecular flexibility index (Phi) is 7.20. The summed E-state index contributed by atoms with van der Waals surface area (Å²) < 4.78 is 43.5. The number of ether oxygens (including phenoxy) is 2. The molecule has 31 heavy (non-hydrogen) atoms. The molecule has 0 radical (unpaired) electrons. The maximum Gasteiger partial charge on any atom is 0.490 e. The number of carboxylic acids is 1. The van der Waals surface area contributed by atoms with Crippen molar-refractivity contribution in [3.63, 3.8) is 0 Å². The summed E-state index contributed by atoms with van der Waals surface area (Å²) in [5.74, 6) is -1.54. The van der Waals surface area contributed by atoms with Crippen LogP contribution in [0.5, 0.6) is 0 Å². The monoisotopic (exact) mass is 444 g/mol. The summed E-state index contributed by atoms with van der Waals surface area (Å²) in [6, 6.07) is 3.76. The Labute approximate surface area is 178 Å². The number of aliphatic carboxylic acids is 1. The van der Waals surface area contributed by atoms with Crippen LogP contribution < -0.4 is 0 Å². The lowest BCUT2D eigenvalue weighted by Gasteiger charge is -2.30. The van der Waals surface area contributed by atoms with Crippen molar-refractivity contribution in [1.29, 1.82) is 0 Å². The highest BCUT2D eigenvalue weighted by molar-refractivity contribution is 5.94. The molecule has 1 aromatic heterocycles. The molecular weight excluding hydrogens is 417 g/mol. The molecule has 3 aliphatic rings. The quantitative estimate of drug-likeness (QED) is 0.751. The minimum atomic E-state index is -5.08. The smallest absolute Gasteiger partial charge is 0.475 e. The molecule has 172 valence electrons. The molecule has 0 bridgehead atoms. The van der Waals surface area contributed by atoms with Crippen LogP contribution in [0.2, 0.25) is 0 Å². The van der Waals surface area contributed by atoms with Crippen LogP contribution in [-0.2, 0) is 14.3 Å². The molecule has 7 nitrogen and oxygen atoms in total. The highest BCUT2D eigenvalue weighted by atomic mass is 19.4. The normalized spacial score (nSPS) is 25.4. The van der Waals surface area contributed by atoms with E-state index in [1.807, 2.05) is 24.0 Å². The molecule has 0 unspecified atom stereocenters. The molecule has 2 aliphatic heterocycles. The van der Waals surface area contributed by atoms with Gasteiger partial charge in [-0.15, -0.1) is 0 Å². The molecule has 3 fully saturated rings. The number of aromatic nitrogens is 1. The first-order valence-corrected chi connectivity index (χ1v) is 10.3. The van der Waals surface area contributed by atoms with Crippen LogP contribution in [0, 0.1) is 24.2 Å². The van der Waals surface area contributed by atoms with Crippen molar-refractivity contribution in [3.05, 3.63) is 29.6 Å². The summed E-state index contributed by atoms with van der Waals surface area (Å²) in [5.41, 5.74) is 1.59.